The van der Waals surface area contributed by atoms with Gasteiger partial charge in [0.05, 0.1) is 6.10 Å². The first-order valence-electron chi connectivity index (χ1n) is 3.75. The molecule has 2 heterocycles. The van der Waals surface area contributed by atoms with Gasteiger partial charge in [0.25, 0.3) is 10.0 Å². The van der Waals surface area contributed by atoms with Gasteiger partial charge in [0.1, 0.15) is 4.21 Å². The average Bonchev–Trinajstić information content (AvgIpc) is 2.49. The van der Waals surface area contributed by atoms with Crippen molar-refractivity contribution in [1.29, 1.82) is 0 Å². The molecular weight excluding hydrogens is 210 g/mol. The van der Waals surface area contributed by atoms with Crippen molar-refractivity contribution in [2.24, 2.45) is 0 Å². The first-order valence-corrected chi connectivity index (χ1v) is 6.07. The van der Waals surface area contributed by atoms with E-state index >= 15 is 0 Å². The molecule has 0 aromatic carbocycles. The first-order chi connectivity index (χ1) is 6.03. The molecule has 13 heavy (non-hydrogen) atoms. The Bertz CT molecular complexity index is 423. The number of thiophene rings is 1. The van der Waals surface area contributed by atoms with Crippen molar-refractivity contribution >= 4 is 21.4 Å². The average molecular weight is 219 g/mol. The van der Waals surface area contributed by atoms with E-state index in [4.69, 9.17) is 0 Å². The van der Waals surface area contributed by atoms with Gasteiger partial charge >= 0.3 is 0 Å². The number of rotatable bonds is 0. The summed E-state index contributed by atoms with van der Waals surface area (Å²) in [7, 11) is -1.85. The maximum atomic E-state index is 11.6. The maximum absolute atomic E-state index is 11.6. The van der Waals surface area contributed by atoms with E-state index in [1.54, 1.807) is 11.4 Å². The number of nitrogens with zero attached hydrogens (tertiary/aromatic N) is 1. The zero-order valence-corrected chi connectivity index (χ0v) is 8.60. The summed E-state index contributed by atoms with van der Waals surface area (Å²) in [5.74, 6) is 0. The molecule has 1 aliphatic rings. The van der Waals surface area contributed by atoms with Crippen LogP contribution in [-0.2, 0) is 10.0 Å². The zero-order chi connectivity index (χ0) is 9.64. The molecule has 0 bridgehead atoms. The first kappa shape index (κ1) is 9.14. The zero-order valence-electron chi connectivity index (χ0n) is 6.97. The SMILES string of the molecule is CN1C[C@@H](O)c2ccsc2S1(=O)=O. The predicted molar refractivity (Wildman–Crippen MR) is 49.1 cm³/mol. The van der Waals surface area contributed by atoms with Gasteiger partial charge in [-0.2, -0.15) is 4.31 Å². The topological polar surface area (TPSA) is 57.6 Å². The van der Waals surface area contributed by atoms with Crippen LogP contribution in [0.15, 0.2) is 15.7 Å². The number of hydrogen-bond acceptors (Lipinski definition) is 4. The molecule has 0 radical (unpaired) electrons. The number of hydrogen-bond donors (Lipinski definition) is 1. The highest BCUT2D eigenvalue weighted by Gasteiger charge is 2.34. The lowest BCUT2D eigenvalue weighted by Crippen LogP contribution is -2.35. The van der Waals surface area contributed by atoms with Crippen LogP contribution < -0.4 is 0 Å². The van der Waals surface area contributed by atoms with E-state index in [0.29, 0.717) is 5.56 Å². The van der Waals surface area contributed by atoms with Gasteiger partial charge in [-0.25, -0.2) is 8.42 Å². The van der Waals surface area contributed by atoms with Crippen LogP contribution in [0.4, 0.5) is 0 Å². The number of sulfonamides is 1. The molecule has 0 amide bonds. The van der Waals surface area contributed by atoms with E-state index in [2.05, 4.69) is 0 Å². The third-order valence-electron chi connectivity index (χ3n) is 2.09. The van der Waals surface area contributed by atoms with Crippen LogP contribution in [0.25, 0.3) is 0 Å². The number of likely N-dealkylation sites (N-methyl/N-ethyl adjacent to an activating group) is 1. The van der Waals surface area contributed by atoms with Gasteiger partial charge in [0.15, 0.2) is 0 Å². The van der Waals surface area contributed by atoms with Gasteiger partial charge in [-0.05, 0) is 11.4 Å². The molecule has 4 nitrogen and oxygen atoms in total. The minimum atomic E-state index is -3.32. The van der Waals surface area contributed by atoms with E-state index in [9.17, 15) is 13.5 Å². The van der Waals surface area contributed by atoms with E-state index in [-0.39, 0.29) is 10.8 Å². The van der Waals surface area contributed by atoms with Crippen molar-refractivity contribution < 1.29 is 13.5 Å². The Labute approximate surface area is 80.5 Å². The fraction of sp³-hybridized carbons (Fsp3) is 0.429. The molecule has 0 aliphatic carbocycles. The van der Waals surface area contributed by atoms with Gasteiger partial charge in [-0.15, -0.1) is 11.3 Å². The van der Waals surface area contributed by atoms with Crippen LogP contribution in [0.5, 0.6) is 0 Å². The summed E-state index contributed by atoms with van der Waals surface area (Å²) in [6.07, 6.45) is -0.685. The molecule has 0 fully saturated rings. The normalized spacial score (nSPS) is 27.1. The van der Waals surface area contributed by atoms with Gasteiger partial charge in [-0.3, -0.25) is 0 Å². The number of aliphatic hydroxyl groups excluding tert-OH is 1. The summed E-state index contributed by atoms with van der Waals surface area (Å²) >= 11 is 1.15. The van der Waals surface area contributed by atoms with Crippen molar-refractivity contribution in [3.8, 4) is 0 Å². The molecule has 0 spiro atoms. The van der Waals surface area contributed by atoms with Crippen LogP contribution >= 0.6 is 11.3 Å². The van der Waals surface area contributed by atoms with Crippen LogP contribution in [-0.4, -0.2) is 31.4 Å². The summed E-state index contributed by atoms with van der Waals surface area (Å²) in [6, 6.07) is 1.66. The monoisotopic (exact) mass is 219 g/mol. The van der Waals surface area contributed by atoms with E-state index in [1.165, 1.54) is 11.4 Å². The molecule has 1 aromatic rings. The van der Waals surface area contributed by atoms with Crippen LogP contribution in [0.1, 0.15) is 11.7 Å². The molecule has 6 heteroatoms. The third kappa shape index (κ3) is 1.21. The molecule has 72 valence electrons. The second-order valence-corrected chi connectivity index (χ2v) is 6.12. The van der Waals surface area contributed by atoms with Gasteiger partial charge in [0.2, 0.25) is 0 Å². The van der Waals surface area contributed by atoms with E-state index in [1.807, 2.05) is 0 Å². The molecule has 2 rings (SSSR count). The molecule has 1 aromatic heterocycles. The summed E-state index contributed by atoms with van der Waals surface area (Å²) in [6.45, 7) is 0.145. The lowest BCUT2D eigenvalue weighted by Gasteiger charge is -2.25. The number of aliphatic hydroxyl groups is 1. The highest BCUT2D eigenvalue weighted by molar-refractivity contribution is 7.91. The third-order valence-corrected chi connectivity index (χ3v) is 5.41. The second-order valence-electron chi connectivity index (χ2n) is 2.96. The largest absolute Gasteiger partial charge is 0.387 e. The minimum Gasteiger partial charge on any atom is -0.387 e. The van der Waals surface area contributed by atoms with Crippen molar-refractivity contribution in [3.05, 3.63) is 17.0 Å². The van der Waals surface area contributed by atoms with Crippen molar-refractivity contribution in [2.45, 2.75) is 10.3 Å². The Balaban J connectivity index is 2.66. The fourth-order valence-electron chi connectivity index (χ4n) is 1.34. The molecule has 1 N–H and O–H groups in total. The quantitative estimate of drug-likeness (QED) is 0.688. The van der Waals surface area contributed by atoms with Crippen molar-refractivity contribution in [1.82, 2.24) is 4.31 Å². The Morgan fingerprint density at radius 3 is 3.08 bits per heavy atom. The van der Waals surface area contributed by atoms with Crippen molar-refractivity contribution in [2.75, 3.05) is 13.6 Å². The predicted octanol–water partition coefficient (Wildman–Crippen LogP) is 0.416. The smallest absolute Gasteiger partial charge is 0.252 e. The van der Waals surface area contributed by atoms with Crippen LogP contribution in [0, 0.1) is 0 Å². The van der Waals surface area contributed by atoms with Gasteiger partial charge < -0.3 is 5.11 Å². The minimum absolute atomic E-state index is 0.145. The van der Waals surface area contributed by atoms with Gasteiger partial charge in [0, 0.05) is 19.2 Å². The standard InChI is InChI=1S/C7H9NO3S2/c1-8-4-6(9)5-2-3-12-7(5)13(8,10)11/h2-3,6,9H,4H2,1H3/t6-/m1/s1. The highest BCUT2D eigenvalue weighted by Crippen LogP contribution is 2.34. The number of fused-ring (bicyclic) bond motifs is 1. The van der Waals surface area contributed by atoms with Gasteiger partial charge in [-0.1, -0.05) is 0 Å². The maximum Gasteiger partial charge on any atom is 0.252 e. The Morgan fingerprint density at radius 1 is 1.69 bits per heavy atom. The molecule has 1 atom stereocenters. The molecular formula is C7H9NO3S2. The Morgan fingerprint density at radius 2 is 2.38 bits per heavy atom. The Kier molecular flexibility index (Phi) is 1.95. The summed E-state index contributed by atoms with van der Waals surface area (Å²) in [4.78, 5) is 0. The van der Waals surface area contributed by atoms with E-state index in [0.717, 1.165) is 11.3 Å². The number of β-amino-alcohol motifs (C(OH)–C–C–N with tert-alkyl or cyclic N) is 1. The second kappa shape index (κ2) is 2.78. The molecule has 1 aliphatic heterocycles. The van der Waals surface area contributed by atoms with Crippen molar-refractivity contribution in [3.63, 3.8) is 0 Å². The lowest BCUT2D eigenvalue weighted by molar-refractivity contribution is 0.147. The lowest BCUT2D eigenvalue weighted by atomic mass is 10.2. The Hall–Kier alpha value is -0.430. The molecule has 0 saturated carbocycles. The highest BCUT2D eigenvalue weighted by atomic mass is 32.2. The van der Waals surface area contributed by atoms with Crippen LogP contribution in [0.3, 0.4) is 0 Å². The summed E-state index contributed by atoms with van der Waals surface area (Å²) in [5, 5.41) is 11.2. The van der Waals surface area contributed by atoms with E-state index < -0.39 is 16.1 Å². The molecule has 0 saturated heterocycles. The molecule has 0 unspecified atom stereocenters. The summed E-state index contributed by atoms with van der Waals surface area (Å²) in [5.41, 5.74) is 0.531. The fourth-order valence-corrected chi connectivity index (χ4v) is 4.18. The van der Waals surface area contributed by atoms with Crippen LogP contribution in [0.2, 0.25) is 0 Å². The summed E-state index contributed by atoms with van der Waals surface area (Å²) < 4.78 is 24.7.